The van der Waals surface area contributed by atoms with Crippen molar-refractivity contribution in [3.05, 3.63) is 41.8 Å². The lowest BCUT2D eigenvalue weighted by molar-refractivity contribution is 0.481. The number of aryl methyl sites for hydroxylation is 1. The average Bonchev–Trinajstić information content (AvgIpc) is 3.04. The topological polar surface area (TPSA) is 62.5 Å². The van der Waals surface area contributed by atoms with Crippen LogP contribution in [-0.2, 0) is 6.42 Å². The van der Waals surface area contributed by atoms with Crippen LogP contribution in [-0.4, -0.2) is 30.1 Å². The molecule has 1 heterocycles. The molecule has 0 aliphatic heterocycles. The third kappa shape index (κ3) is 5.93. The summed E-state index contributed by atoms with van der Waals surface area (Å²) in [5.41, 5.74) is 3.15. The molecule has 0 aliphatic rings. The van der Waals surface area contributed by atoms with Crippen LogP contribution in [0.1, 0.15) is 39.0 Å². The van der Waals surface area contributed by atoms with Crippen molar-refractivity contribution in [3.63, 3.8) is 0 Å². The molecule has 136 valence electrons. The second-order valence-electron chi connectivity index (χ2n) is 6.70. The maximum Gasteiger partial charge on any atom is 0.226 e. The van der Waals surface area contributed by atoms with Gasteiger partial charge in [0.05, 0.1) is 5.69 Å². The third-order valence-electron chi connectivity index (χ3n) is 4.20. The van der Waals surface area contributed by atoms with Gasteiger partial charge in [0.15, 0.2) is 5.96 Å². The molecule has 0 spiro atoms. The fourth-order valence-corrected chi connectivity index (χ4v) is 2.24. The van der Waals surface area contributed by atoms with Crippen LogP contribution in [0.2, 0.25) is 0 Å². The van der Waals surface area contributed by atoms with Crippen LogP contribution in [0.4, 0.5) is 0 Å². The molecular weight excluding hydrogens is 312 g/mol. The zero-order chi connectivity index (χ0) is 18.2. The largest absolute Gasteiger partial charge is 0.444 e. The third-order valence-corrected chi connectivity index (χ3v) is 4.20. The number of aromatic nitrogens is 1. The number of aliphatic imine (C=N–C) groups is 1. The SMILES string of the molecule is CCNC(=NCCc1coc(-c2ccc(C)cc2)n1)NC(C)C(C)C. The van der Waals surface area contributed by atoms with Crippen LogP contribution in [0.15, 0.2) is 39.9 Å². The predicted molar refractivity (Wildman–Crippen MR) is 104 cm³/mol. The van der Waals surface area contributed by atoms with E-state index in [9.17, 15) is 0 Å². The molecule has 5 heteroatoms. The lowest BCUT2D eigenvalue weighted by atomic mass is 10.1. The summed E-state index contributed by atoms with van der Waals surface area (Å²) in [7, 11) is 0. The summed E-state index contributed by atoms with van der Waals surface area (Å²) in [5, 5.41) is 6.72. The smallest absolute Gasteiger partial charge is 0.226 e. The van der Waals surface area contributed by atoms with Crippen molar-refractivity contribution in [1.29, 1.82) is 0 Å². The van der Waals surface area contributed by atoms with E-state index in [1.807, 2.05) is 12.1 Å². The zero-order valence-corrected chi connectivity index (χ0v) is 16.0. The fraction of sp³-hybridized carbons (Fsp3) is 0.500. The van der Waals surface area contributed by atoms with E-state index in [0.29, 0.717) is 24.4 Å². The van der Waals surface area contributed by atoms with Gasteiger partial charge in [0, 0.05) is 31.1 Å². The van der Waals surface area contributed by atoms with Crippen LogP contribution in [0.3, 0.4) is 0 Å². The van der Waals surface area contributed by atoms with Gasteiger partial charge in [-0.15, -0.1) is 0 Å². The quantitative estimate of drug-likeness (QED) is 0.593. The highest BCUT2D eigenvalue weighted by molar-refractivity contribution is 5.80. The number of hydrogen-bond donors (Lipinski definition) is 2. The minimum Gasteiger partial charge on any atom is -0.444 e. The van der Waals surface area contributed by atoms with Gasteiger partial charge in [-0.1, -0.05) is 31.5 Å². The summed E-state index contributed by atoms with van der Waals surface area (Å²) < 4.78 is 5.60. The predicted octanol–water partition coefficient (Wildman–Crippen LogP) is 3.79. The van der Waals surface area contributed by atoms with Crippen molar-refractivity contribution < 1.29 is 4.42 Å². The summed E-state index contributed by atoms with van der Waals surface area (Å²) in [5.74, 6) is 2.07. The molecule has 1 aromatic heterocycles. The van der Waals surface area contributed by atoms with E-state index in [1.54, 1.807) is 6.26 Å². The minimum atomic E-state index is 0.373. The van der Waals surface area contributed by atoms with Gasteiger partial charge >= 0.3 is 0 Å². The van der Waals surface area contributed by atoms with Crippen molar-refractivity contribution in [2.45, 2.75) is 47.1 Å². The Balaban J connectivity index is 1.94. The van der Waals surface area contributed by atoms with Crippen LogP contribution >= 0.6 is 0 Å². The summed E-state index contributed by atoms with van der Waals surface area (Å²) >= 11 is 0. The van der Waals surface area contributed by atoms with E-state index in [-0.39, 0.29) is 0 Å². The molecule has 1 atom stereocenters. The highest BCUT2D eigenvalue weighted by atomic mass is 16.3. The Morgan fingerprint density at radius 3 is 2.56 bits per heavy atom. The Morgan fingerprint density at radius 1 is 1.20 bits per heavy atom. The van der Waals surface area contributed by atoms with E-state index >= 15 is 0 Å². The van der Waals surface area contributed by atoms with E-state index in [4.69, 9.17) is 4.42 Å². The maximum atomic E-state index is 5.60. The molecule has 2 aromatic rings. The normalized spacial score (nSPS) is 13.1. The van der Waals surface area contributed by atoms with Gasteiger partial charge in [-0.2, -0.15) is 0 Å². The first kappa shape index (κ1) is 19.0. The van der Waals surface area contributed by atoms with Crippen LogP contribution in [0, 0.1) is 12.8 Å². The van der Waals surface area contributed by atoms with E-state index in [1.165, 1.54) is 5.56 Å². The zero-order valence-electron chi connectivity index (χ0n) is 16.0. The van der Waals surface area contributed by atoms with Gasteiger partial charge in [-0.05, 0) is 38.8 Å². The Morgan fingerprint density at radius 2 is 1.92 bits per heavy atom. The molecule has 1 aromatic carbocycles. The highest BCUT2D eigenvalue weighted by Crippen LogP contribution is 2.19. The molecule has 0 aliphatic carbocycles. The van der Waals surface area contributed by atoms with E-state index in [0.717, 1.165) is 30.2 Å². The van der Waals surface area contributed by atoms with Crippen molar-refractivity contribution in [2.24, 2.45) is 10.9 Å². The van der Waals surface area contributed by atoms with Gasteiger partial charge in [-0.3, -0.25) is 4.99 Å². The summed E-state index contributed by atoms with van der Waals surface area (Å²) in [6, 6.07) is 8.56. The number of benzene rings is 1. The minimum absolute atomic E-state index is 0.373. The molecule has 0 bridgehead atoms. The lowest BCUT2D eigenvalue weighted by Gasteiger charge is -2.20. The number of nitrogens with zero attached hydrogens (tertiary/aromatic N) is 2. The van der Waals surface area contributed by atoms with Crippen LogP contribution < -0.4 is 10.6 Å². The number of oxazole rings is 1. The summed E-state index contributed by atoms with van der Waals surface area (Å²) in [6.45, 7) is 12.2. The first-order chi connectivity index (χ1) is 12.0. The number of rotatable bonds is 7. The summed E-state index contributed by atoms with van der Waals surface area (Å²) in [4.78, 5) is 9.20. The first-order valence-electron chi connectivity index (χ1n) is 9.06. The van der Waals surface area contributed by atoms with Gasteiger partial charge in [0.2, 0.25) is 5.89 Å². The van der Waals surface area contributed by atoms with E-state index < -0.39 is 0 Å². The number of hydrogen-bond acceptors (Lipinski definition) is 3. The molecule has 2 rings (SSSR count). The van der Waals surface area contributed by atoms with Crippen LogP contribution in [0.5, 0.6) is 0 Å². The Labute approximate surface area is 151 Å². The average molecular weight is 342 g/mol. The van der Waals surface area contributed by atoms with Gasteiger partial charge in [0.25, 0.3) is 0 Å². The standard InChI is InChI=1S/C20H30N4O/c1-6-21-20(23-16(5)14(2)3)22-12-11-18-13-25-19(24-18)17-9-7-15(4)8-10-17/h7-10,13-14,16H,6,11-12H2,1-5H3,(H2,21,22,23). The molecule has 0 amide bonds. The van der Waals surface area contributed by atoms with Crippen molar-refractivity contribution in [2.75, 3.05) is 13.1 Å². The Kier molecular flexibility index (Phi) is 7.04. The van der Waals surface area contributed by atoms with Crippen molar-refractivity contribution >= 4 is 5.96 Å². The van der Waals surface area contributed by atoms with Gasteiger partial charge in [0.1, 0.15) is 6.26 Å². The monoisotopic (exact) mass is 342 g/mol. The molecule has 0 fully saturated rings. The highest BCUT2D eigenvalue weighted by Gasteiger charge is 2.09. The van der Waals surface area contributed by atoms with Gasteiger partial charge < -0.3 is 15.1 Å². The molecule has 0 saturated heterocycles. The van der Waals surface area contributed by atoms with E-state index in [2.05, 4.69) is 67.4 Å². The van der Waals surface area contributed by atoms with Crippen LogP contribution in [0.25, 0.3) is 11.5 Å². The molecule has 0 radical (unpaired) electrons. The maximum absolute atomic E-state index is 5.60. The molecular formula is C20H30N4O. The molecule has 0 saturated carbocycles. The second kappa shape index (κ2) is 9.25. The van der Waals surface area contributed by atoms with Gasteiger partial charge in [-0.25, -0.2) is 4.98 Å². The van der Waals surface area contributed by atoms with Crippen molar-refractivity contribution in [3.8, 4) is 11.5 Å². The first-order valence-corrected chi connectivity index (χ1v) is 9.06. The Hall–Kier alpha value is -2.30. The molecule has 1 unspecified atom stereocenters. The number of guanidine groups is 1. The molecule has 2 N–H and O–H groups in total. The second-order valence-corrected chi connectivity index (χ2v) is 6.70. The fourth-order valence-electron chi connectivity index (χ4n) is 2.24. The molecule has 25 heavy (non-hydrogen) atoms. The molecule has 5 nitrogen and oxygen atoms in total. The lowest BCUT2D eigenvalue weighted by Crippen LogP contribution is -2.44. The number of nitrogens with one attached hydrogen (secondary N) is 2. The Bertz CT molecular complexity index is 673. The van der Waals surface area contributed by atoms with Crippen molar-refractivity contribution in [1.82, 2.24) is 15.6 Å². The summed E-state index contributed by atoms with van der Waals surface area (Å²) in [6.07, 6.45) is 2.48.